The average Bonchev–Trinajstić information content (AvgIpc) is 2.05. The van der Waals surface area contributed by atoms with E-state index in [4.69, 9.17) is 0 Å². The van der Waals surface area contributed by atoms with E-state index < -0.39 is 0 Å². The molecule has 0 saturated carbocycles. The van der Waals surface area contributed by atoms with E-state index in [-0.39, 0.29) is 0 Å². The molecular formula is C9H14N+. The lowest BCUT2D eigenvalue weighted by molar-refractivity contribution is -0.666. The Labute approximate surface area is 62.1 Å². The Morgan fingerprint density at radius 2 is 1.80 bits per heavy atom. The van der Waals surface area contributed by atoms with Crippen LogP contribution >= 0.6 is 0 Å². The quantitative estimate of drug-likeness (QED) is 0.623. The third kappa shape index (κ3) is 1.58. The van der Waals surface area contributed by atoms with Crippen molar-refractivity contribution in [1.29, 1.82) is 0 Å². The van der Waals surface area contributed by atoms with Crippen molar-refractivity contribution in [2.24, 2.45) is 0 Å². The first-order chi connectivity index (χ1) is 4.84. The van der Waals surface area contributed by atoms with Gasteiger partial charge >= 0.3 is 0 Å². The van der Waals surface area contributed by atoms with Crippen LogP contribution in [0.1, 0.15) is 18.5 Å². The standard InChI is InChI=1S/C9H13N/c1-8(10-2)9-6-4-3-5-7-9/h3-8,10H,1-2H3/p+1. The molecule has 0 saturated heterocycles. The summed E-state index contributed by atoms with van der Waals surface area (Å²) in [5.41, 5.74) is 1.39. The molecule has 1 aromatic rings. The molecule has 0 bridgehead atoms. The normalized spacial score (nSPS) is 13.0. The SMILES string of the molecule is C[NH2+]C(C)c1ccccc1. The van der Waals surface area contributed by atoms with Crippen LogP contribution in [0.4, 0.5) is 0 Å². The molecule has 10 heavy (non-hydrogen) atoms. The second-order valence-electron chi connectivity index (χ2n) is 2.53. The Hall–Kier alpha value is -0.820. The van der Waals surface area contributed by atoms with Gasteiger partial charge in [-0.2, -0.15) is 0 Å². The van der Waals surface area contributed by atoms with Gasteiger partial charge in [0.05, 0.1) is 7.05 Å². The van der Waals surface area contributed by atoms with Crippen LogP contribution in [0.5, 0.6) is 0 Å². The predicted molar refractivity (Wildman–Crippen MR) is 42.7 cm³/mol. The van der Waals surface area contributed by atoms with Crippen molar-refractivity contribution in [2.45, 2.75) is 13.0 Å². The summed E-state index contributed by atoms with van der Waals surface area (Å²) in [6.45, 7) is 2.20. The Balaban J connectivity index is 2.75. The fraction of sp³-hybridized carbons (Fsp3) is 0.333. The minimum atomic E-state index is 0.584. The molecule has 1 aromatic carbocycles. The molecule has 1 heteroatoms. The highest BCUT2D eigenvalue weighted by Gasteiger charge is 2.01. The average molecular weight is 136 g/mol. The van der Waals surface area contributed by atoms with E-state index in [0.717, 1.165) is 0 Å². The van der Waals surface area contributed by atoms with E-state index in [2.05, 4.69) is 43.6 Å². The van der Waals surface area contributed by atoms with Crippen molar-refractivity contribution >= 4 is 0 Å². The van der Waals surface area contributed by atoms with Crippen LogP contribution in [0, 0.1) is 0 Å². The van der Waals surface area contributed by atoms with Crippen molar-refractivity contribution < 1.29 is 5.32 Å². The number of hydrogen-bond donors (Lipinski definition) is 1. The Bertz CT molecular complexity index is 181. The number of benzene rings is 1. The lowest BCUT2D eigenvalue weighted by atomic mass is 10.1. The fourth-order valence-corrected chi connectivity index (χ4v) is 0.949. The zero-order valence-electron chi connectivity index (χ0n) is 6.54. The lowest BCUT2D eigenvalue weighted by Crippen LogP contribution is -2.80. The summed E-state index contributed by atoms with van der Waals surface area (Å²) < 4.78 is 0. The molecule has 0 aliphatic heterocycles. The molecule has 1 rings (SSSR count). The highest BCUT2D eigenvalue weighted by atomic mass is 14.8. The second-order valence-corrected chi connectivity index (χ2v) is 2.53. The Morgan fingerprint density at radius 1 is 1.20 bits per heavy atom. The van der Waals surface area contributed by atoms with Gasteiger partial charge in [0.1, 0.15) is 6.04 Å². The molecule has 0 heterocycles. The Kier molecular flexibility index (Phi) is 2.46. The van der Waals surface area contributed by atoms with E-state index in [0.29, 0.717) is 6.04 Å². The van der Waals surface area contributed by atoms with Gasteiger partial charge < -0.3 is 5.32 Å². The number of rotatable bonds is 2. The van der Waals surface area contributed by atoms with Gasteiger partial charge in [0, 0.05) is 5.56 Å². The van der Waals surface area contributed by atoms with Crippen LogP contribution in [-0.2, 0) is 0 Å². The molecule has 0 aliphatic rings. The van der Waals surface area contributed by atoms with Crippen molar-refractivity contribution in [3.8, 4) is 0 Å². The predicted octanol–water partition coefficient (Wildman–Crippen LogP) is 0.941. The smallest absolute Gasteiger partial charge is 0.108 e. The zero-order valence-corrected chi connectivity index (χ0v) is 6.54. The van der Waals surface area contributed by atoms with Gasteiger partial charge in [0.15, 0.2) is 0 Å². The maximum atomic E-state index is 2.20. The van der Waals surface area contributed by atoms with Crippen LogP contribution in [0.2, 0.25) is 0 Å². The van der Waals surface area contributed by atoms with Gasteiger partial charge in [-0.1, -0.05) is 30.3 Å². The number of hydrogen-bond acceptors (Lipinski definition) is 0. The lowest BCUT2D eigenvalue weighted by Gasteiger charge is -2.05. The molecule has 0 radical (unpaired) electrons. The molecule has 1 nitrogen and oxygen atoms in total. The summed E-state index contributed by atoms with van der Waals surface area (Å²) in [6, 6.07) is 11.1. The van der Waals surface area contributed by atoms with E-state index in [1.807, 2.05) is 6.07 Å². The molecule has 2 N–H and O–H groups in total. The third-order valence-corrected chi connectivity index (χ3v) is 1.83. The highest BCUT2D eigenvalue weighted by Crippen LogP contribution is 2.05. The molecule has 0 aromatic heterocycles. The van der Waals surface area contributed by atoms with Crippen molar-refractivity contribution in [3.63, 3.8) is 0 Å². The van der Waals surface area contributed by atoms with Crippen molar-refractivity contribution in [3.05, 3.63) is 35.9 Å². The number of quaternary nitrogens is 1. The summed E-state index contributed by atoms with van der Waals surface area (Å²) in [7, 11) is 2.09. The van der Waals surface area contributed by atoms with Crippen LogP contribution in [0.25, 0.3) is 0 Å². The first-order valence-electron chi connectivity index (χ1n) is 3.69. The van der Waals surface area contributed by atoms with E-state index in [1.54, 1.807) is 0 Å². The minimum Gasteiger partial charge on any atom is -0.343 e. The topological polar surface area (TPSA) is 16.6 Å². The molecule has 0 fully saturated rings. The largest absolute Gasteiger partial charge is 0.343 e. The summed E-state index contributed by atoms with van der Waals surface area (Å²) in [4.78, 5) is 0. The summed E-state index contributed by atoms with van der Waals surface area (Å²) in [5, 5.41) is 2.20. The van der Waals surface area contributed by atoms with E-state index in [9.17, 15) is 0 Å². The molecule has 1 atom stereocenters. The molecule has 54 valence electrons. The molecule has 0 amide bonds. The fourth-order valence-electron chi connectivity index (χ4n) is 0.949. The van der Waals surface area contributed by atoms with Gasteiger partial charge in [0.25, 0.3) is 0 Å². The van der Waals surface area contributed by atoms with Crippen LogP contribution in [0.15, 0.2) is 30.3 Å². The molecule has 1 unspecified atom stereocenters. The summed E-state index contributed by atoms with van der Waals surface area (Å²) >= 11 is 0. The van der Waals surface area contributed by atoms with E-state index in [1.165, 1.54) is 5.56 Å². The van der Waals surface area contributed by atoms with Gasteiger partial charge in [-0.3, -0.25) is 0 Å². The van der Waals surface area contributed by atoms with Gasteiger partial charge in [0.2, 0.25) is 0 Å². The number of nitrogens with two attached hydrogens (primary N) is 1. The molecule has 0 aliphatic carbocycles. The minimum absolute atomic E-state index is 0.584. The molecular weight excluding hydrogens is 122 g/mol. The van der Waals surface area contributed by atoms with Crippen molar-refractivity contribution in [1.82, 2.24) is 0 Å². The van der Waals surface area contributed by atoms with Gasteiger partial charge in [-0.15, -0.1) is 0 Å². The molecule has 0 spiro atoms. The summed E-state index contributed by atoms with van der Waals surface area (Å²) in [5.74, 6) is 0. The summed E-state index contributed by atoms with van der Waals surface area (Å²) in [6.07, 6.45) is 0. The van der Waals surface area contributed by atoms with Crippen LogP contribution in [-0.4, -0.2) is 7.05 Å². The highest BCUT2D eigenvalue weighted by molar-refractivity contribution is 5.16. The van der Waals surface area contributed by atoms with Crippen molar-refractivity contribution in [2.75, 3.05) is 7.05 Å². The van der Waals surface area contributed by atoms with Gasteiger partial charge in [-0.05, 0) is 6.92 Å². The van der Waals surface area contributed by atoms with Gasteiger partial charge in [-0.25, -0.2) is 0 Å². The van der Waals surface area contributed by atoms with E-state index >= 15 is 0 Å². The zero-order chi connectivity index (χ0) is 7.40. The maximum absolute atomic E-state index is 2.20. The van der Waals surface area contributed by atoms with Crippen LogP contribution < -0.4 is 5.32 Å². The second kappa shape index (κ2) is 3.37. The maximum Gasteiger partial charge on any atom is 0.108 e. The Morgan fingerprint density at radius 3 is 2.30 bits per heavy atom. The third-order valence-electron chi connectivity index (χ3n) is 1.83. The van der Waals surface area contributed by atoms with Crippen LogP contribution in [0.3, 0.4) is 0 Å². The first kappa shape index (κ1) is 7.29. The monoisotopic (exact) mass is 136 g/mol. The first-order valence-corrected chi connectivity index (χ1v) is 3.69.